The topological polar surface area (TPSA) is 53.4 Å². The van der Waals surface area contributed by atoms with Crippen LogP contribution in [0.1, 0.15) is 23.4 Å². The Balaban J connectivity index is 1.69. The molecule has 146 valence electrons. The van der Waals surface area contributed by atoms with Crippen LogP contribution in [0.2, 0.25) is 5.02 Å². The number of piperazine rings is 1. The molecule has 1 N–H and O–H groups in total. The Morgan fingerprint density at radius 2 is 1.89 bits per heavy atom. The van der Waals surface area contributed by atoms with Crippen molar-refractivity contribution in [3.8, 4) is 0 Å². The number of nitrogens with zero attached hydrogens (tertiary/aromatic N) is 4. The predicted molar refractivity (Wildman–Crippen MR) is 111 cm³/mol. The largest absolute Gasteiger partial charge is 0.367 e. The molecule has 1 aliphatic rings. The standard InChI is InChI=1S/C20H28ClN5O/c1-14-17(15(2)25(4)23-14)6-8-20(27)22-18-13-16(21)5-7-19(18)26-11-9-24(3)10-12-26/h5,7,13H,6,8-12H2,1-4H3,(H,22,27). The fraction of sp³-hybridized carbons (Fsp3) is 0.500. The van der Waals surface area contributed by atoms with Crippen molar-refractivity contribution in [3.63, 3.8) is 0 Å². The third-order valence-electron chi connectivity index (χ3n) is 5.34. The van der Waals surface area contributed by atoms with Gasteiger partial charge in [0, 0.05) is 50.4 Å². The summed E-state index contributed by atoms with van der Waals surface area (Å²) in [4.78, 5) is 17.2. The Bertz CT molecular complexity index is 824. The minimum absolute atomic E-state index is 0.00435. The Morgan fingerprint density at radius 3 is 2.52 bits per heavy atom. The van der Waals surface area contributed by atoms with Crippen molar-refractivity contribution in [2.75, 3.05) is 43.4 Å². The van der Waals surface area contributed by atoms with E-state index >= 15 is 0 Å². The van der Waals surface area contributed by atoms with Crippen LogP contribution < -0.4 is 10.2 Å². The van der Waals surface area contributed by atoms with E-state index in [9.17, 15) is 4.79 Å². The molecule has 0 saturated carbocycles. The molecule has 0 spiro atoms. The number of amides is 1. The molecule has 2 heterocycles. The molecule has 3 rings (SSSR count). The van der Waals surface area contributed by atoms with E-state index in [4.69, 9.17) is 11.6 Å². The van der Waals surface area contributed by atoms with Crippen molar-refractivity contribution in [2.45, 2.75) is 26.7 Å². The fourth-order valence-corrected chi connectivity index (χ4v) is 3.73. The average Bonchev–Trinajstić information content (AvgIpc) is 2.86. The molecule has 0 atom stereocenters. The van der Waals surface area contributed by atoms with E-state index < -0.39 is 0 Å². The van der Waals surface area contributed by atoms with Gasteiger partial charge in [-0.05, 0) is 51.1 Å². The van der Waals surface area contributed by atoms with Gasteiger partial charge in [-0.2, -0.15) is 5.10 Å². The molecule has 7 heteroatoms. The summed E-state index contributed by atoms with van der Waals surface area (Å²) in [6, 6.07) is 5.72. The molecule has 6 nitrogen and oxygen atoms in total. The van der Waals surface area contributed by atoms with Crippen LogP contribution in [0, 0.1) is 13.8 Å². The summed E-state index contributed by atoms with van der Waals surface area (Å²) in [7, 11) is 4.06. The normalized spacial score (nSPS) is 15.2. The quantitative estimate of drug-likeness (QED) is 0.854. The van der Waals surface area contributed by atoms with Gasteiger partial charge in [0.05, 0.1) is 17.1 Å². The van der Waals surface area contributed by atoms with Crippen molar-refractivity contribution in [1.82, 2.24) is 14.7 Å². The van der Waals surface area contributed by atoms with Gasteiger partial charge < -0.3 is 15.1 Å². The lowest BCUT2D eigenvalue weighted by atomic mass is 10.1. The lowest BCUT2D eigenvalue weighted by Gasteiger charge is -2.35. The van der Waals surface area contributed by atoms with Crippen molar-refractivity contribution < 1.29 is 4.79 Å². The molecule has 1 amide bonds. The highest BCUT2D eigenvalue weighted by atomic mass is 35.5. The van der Waals surface area contributed by atoms with Crippen molar-refractivity contribution >= 4 is 28.9 Å². The number of anilines is 2. The van der Waals surface area contributed by atoms with Gasteiger partial charge >= 0.3 is 0 Å². The number of carbonyl (C=O) groups excluding carboxylic acids is 1. The van der Waals surface area contributed by atoms with Gasteiger partial charge in [0.25, 0.3) is 0 Å². The number of carbonyl (C=O) groups is 1. The van der Waals surface area contributed by atoms with Gasteiger partial charge in [-0.25, -0.2) is 0 Å². The summed E-state index contributed by atoms with van der Waals surface area (Å²) in [6.45, 7) is 7.92. The minimum atomic E-state index is -0.00435. The first-order valence-electron chi connectivity index (χ1n) is 9.37. The molecule has 0 radical (unpaired) electrons. The molecule has 1 fully saturated rings. The molecule has 1 aliphatic heterocycles. The summed E-state index contributed by atoms with van der Waals surface area (Å²) in [5.74, 6) is -0.00435. The Kier molecular flexibility index (Phi) is 6.07. The van der Waals surface area contributed by atoms with Crippen molar-refractivity contribution in [1.29, 1.82) is 0 Å². The van der Waals surface area contributed by atoms with Crippen LogP contribution in [0.3, 0.4) is 0 Å². The summed E-state index contributed by atoms with van der Waals surface area (Å²) >= 11 is 6.19. The molecule has 1 aromatic heterocycles. The first-order valence-corrected chi connectivity index (χ1v) is 9.75. The van der Waals surface area contributed by atoms with E-state index in [1.807, 2.05) is 43.8 Å². The monoisotopic (exact) mass is 389 g/mol. The molecule has 0 aliphatic carbocycles. The third kappa shape index (κ3) is 4.62. The zero-order chi connectivity index (χ0) is 19.6. The van der Waals surface area contributed by atoms with Crippen LogP contribution in [-0.4, -0.2) is 53.8 Å². The number of rotatable bonds is 5. The highest BCUT2D eigenvalue weighted by Gasteiger charge is 2.19. The summed E-state index contributed by atoms with van der Waals surface area (Å²) in [5, 5.41) is 8.12. The number of benzene rings is 1. The van der Waals surface area contributed by atoms with Crippen LogP contribution in [0.15, 0.2) is 18.2 Å². The Hall–Kier alpha value is -2.05. The number of aromatic nitrogens is 2. The number of nitrogens with one attached hydrogen (secondary N) is 1. The maximum Gasteiger partial charge on any atom is 0.224 e. The number of likely N-dealkylation sites (N-methyl/N-ethyl adjacent to an activating group) is 1. The summed E-state index contributed by atoms with van der Waals surface area (Å²) in [5.41, 5.74) is 5.08. The van der Waals surface area contributed by atoms with E-state index in [2.05, 4.69) is 27.3 Å². The second-order valence-electron chi connectivity index (χ2n) is 7.27. The third-order valence-corrected chi connectivity index (χ3v) is 5.57. The van der Waals surface area contributed by atoms with E-state index in [1.54, 1.807) is 0 Å². The predicted octanol–water partition coefficient (Wildman–Crippen LogP) is 3.01. The Labute approximate surface area is 166 Å². The van der Waals surface area contributed by atoms with Gasteiger partial charge in [-0.15, -0.1) is 0 Å². The second-order valence-corrected chi connectivity index (χ2v) is 7.71. The zero-order valence-electron chi connectivity index (χ0n) is 16.5. The van der Waals surface area contributed by atoms with Crippen LogP contribution in [0.5, 0.6) is 0 Å². The number of hydrogen-bond acceptors (Lipinski definition) is 4. The highest BCUT2D eigenvalue weighted by Crippen LogP contribution is 2.30. The van der Waals surface area contributed by atoms with Gasteiger partial charge in [-0.3, -0.25) is 9.48 Å². The lowest BCUT2D eigenvalue weighted by molar-refractivity contribution is -0.116. The Morgan fingerprint density at radius 1 is 1.19 bits per heavy atom. The summed E-state index contributed by atoms with van der Waals surface area (Å²) < 4.78 is 1.87. The van der Waals surface area contributed by atoms with Gasteiger partial charge in [0.1, 0.15) is 0 Å². The zero-order valence-corrected chi connectivity index (χ0v) is 17.3. The maximum absolute atomic E-state index is 12.6. The van der Waals surface area contributed by atoms with Gasteiger partial charge in [-0.1, -0.05) is 11.6 Å². The first kappa shape index (κ1) is 19.7. The van der Waals surface area contributed by atoms with E-state index in [1.165, 1.54) is 0 Å². The van der Waals surface area contributed by atoms with Gasteiger partial charge in [0.2, 0.25) is 5.91 Å². The minimum Gasteiger partial charge on any atom is -0.367 e. The van der Waals surface area contributed by atoms with Gasteiger partial charge in [0.15, 0.2) is 0 Å². The molecule has 0 unspecified atom stereocenters. The smallest absolute Gasteiger partial charge is 0.224 e. The molecule has 1 saturated heterocycles. The van der Waals surface area contributed by atoms with Crippen LogP contribution in [0.25, 0.3) is 0 Å². The molecular formula is C20H28ClN5O. The number of aryl methyl sites for hydroxylation is 2. The van der Waals surface area contributed by atoms with Crippen molar-refractivity contribution in [3.05, 3.63) is 40.2 Å². The first-order chi connectivity index (χ1) is 12.8. The fourth-order valence-electron chi connectivity index (χ4n) is 3.56. The molecular weight excluding hydrogens is 362 g/mol. The summed E-state index contributed by atoms with van der Waals surface area (Å²) in [6.07, 6.45) is 1.10. The number of halogens is 1. The van der Waals surface area contributed by atoms with E-state index in [0.29, 0.717) is 17.9 Å². The highest BCUT2D eigenvalue weighted by molar-refractivity contribution is 6.31. The molecule has 2 aromatic rings. The average molecular weight is 390 g/mol. The lowest BCUT2D eigenvalue weighted by Crippen LogP contribution is -2.44. The number of hydrogen-bond donors (Lipinski definition) is 1. The van der Waals surface area contributed by atoms with E-state index in [-0.39, 0.29) is 5.91 Å². The van der Waals surface area contributed by atoms with E-state index in [0.717, 1.165) is 54.5 Å². The van der Waals surface area contributed by atoms with Crippen LogP contribution in [0.4, 0.5) is 11.4 Å². The van der Waals surface area contributed by atoms with Crippen LogP contribution in [-0.2, 0) is 18.3 Å². The molecule has 0 bridgehead atoms. The van der Waals surface area contributed by atoms with Crippen molar-refractivity contribution in [2.24, 2.45) is 7.05 Å². The maximum atomic E-state index is 12.6. The van der Waals surface area contributed by atoms with Crippen LogP contribution >= 0.6 is 11.6 Å². The molecule has 1 aromatic carbocycles. The SMILES string of the molecule is Cc1nn(C)c(C)c1CCC(=O)Nc1cc(Cl)ccc1N1CCN(C)CC1. The second kappa shape index (κ2) is 8.31. The molecule has 27 heavy (non-hydrogen) atoms.